The van der Waals surface area contributed by atoms with Gasteiger partial charge in [0, 0.05) is 43.7 Å². The standard InChI is InChI=1S/C18H19N7O/c1-2-20-18(26)24-17-22-14-9-13(12-5-3-6-19-11-12)10-15(16(14)23-17)25-8-4-7-21-25/h3,5-7,9-11H,2,4,8H2,1H3,(H3,20,22,23,24,26). The van der Waals surface area contributed by atoms with Crippen LogP contribution in [0.2, 0.25) is 0 Å². The van der Waals surface area contributed by atoms with Gasteiger partial charge in [0.1, 0.15) is 5.52 Å². The molecule has 4 rings (SSSR count). The van der Waals surface area contributed by atoms with Gasteiger partial charge in [-0.3, -0.25) is 15.3 Å². The lowest BCUT2D eigenvalue weighted by Crippen LogP contribution is -2.28. The number of nitrogens with zero attached hydrogens (tertiary/aromatic N) is 4. The van der Waals surface area contributed by atoms with Gasteiger partial charge in [-0.15, -0.1) is 0 Å². The predicted molar refractivity (Wildman–Crippen MR) is 102 cm³/mol. The lowest BCUT2D eigenvalue weighted by molar-refractivity contribution is 0.252. The average molecular weight is 349 g/mol. The molecule has 0 bridgehead atoms. The average Bonchev–Trinajstić information content (AvgIpc) is 3.31. The molecule has 0 aliphatic carbocycles. The highest BCUT2D eigenvalue weighted by Crippen LogP contribution is 2.33. The van der Waals surface area contributed by atoms with Crippen LogP contribution in [0.15, 0.2) is 41.8 Å². The zero-order chi connectivity index (χ0) is 17.9. The Kier molecular flexibility index (Phi) is 4.22. The Morgan fingerprint density at radius 3 is 3.00 bits per heavy atom. The van der Waals surface area contributed by atoms with E-state index in [2.05, 4.69) is 36.8 Å². The van der Waals surface area contributed by atoms with E-state index in [4.69, 9.17) is 0 Å². The number of amides is 2. The molecular weight excluding hydrogens is 330 g/mol. The van der Waals surface area contributed by atoms with Crippen LogP contribution in [0.4, 0.5) is 16.4 Å². The first-order valence-electron chi connectivity index (χ1n) is 8.53. The molecule has 3 heterocycles. The van der Waals surface area contributed by atoms with E-state index in [-0.39, 0.29) is 6.03 Å². The molecule has 1 aliphatic rings. The van der Waals surface area contributed by atoms with Crippen molar-refractivity contribution in [2.45, 2.75) is 13.3 Å². The van der Waals surface area contributed by atoms with Gasteiger partial charge in [0.25, 0.3) is 0 Å². The van der Waals surface area contributed by atoms with E-state index >= 15 is 0 Å². The highest BCUT2D eigenvalue weighted by atomic mass is 16.2. The Labute approximate surface area is 150 Å². The zero-order valence-corrected chi connectivity index (χ0v) is 14.4. The molecule has 8 nitrogen and oxygen atoms in total. The summed E-state index contributed by atoms with van der Waals surface area (Å²) in [5, 5.41) is 11.8. The topological polar surface area (TPSA) is 98.3 Å². The van der Waals surface area contributed by atoms with E-state index in [1.54, 1.807) is 6.20 Å². The van der Waals surface area contributed by atoms with Crippen LogP contribution in [0, 0.1) is 0 Å². The van der Waals surface area contributed by atoms with Crippen molar-refractivity contribution in [3.8, 4) is 11.1 Å². The fraction of sp³-hybridized carbons (Fsp3) is 0.222. The van der Waals surface area contributed by atoms with Gasteiger partial charge < -0.3 is 10.3 Å². The van der Waals surface area contributed by atoms with Crippen molar-refractivity contribution in [3.05, 3.63) is 36.7 Å². The Morgan fingerprint density at radius 2 is 2.27 bits per heavy atom. The minimum atomic E-state index is -0.292. The minimum Gasteiger partial charge on any atom is -0.338 e. The number of hydrazone groups is 1. The summed E-state index contributed by atoms with van der Waals surface area (Å²) in [7, 11) is 0. The number of aromatic nitrogens is 3. The number of fused-ring (bicyclic) bond motifs is 1. The van der Waals surface area contributed by atoms with Crippen molar-refractivity contribution in [1.82, 2.24) is 20.3 Å². The number of anilines is 2. The number of H-pyrrole nitrogens is 1. The molecule has 2 amide bonds. The largest absolute Gasteiger partial charge is 0.338 e. The number of pyridine rings is 1. The molecule has 8 heteroatoms. The zero-order valence-electron chi connectivity index (χ0n) is 14.4. The summed E-state index contributed by atoms with van der Waals surface area (Å²) in [5.74, 6) is 0.402. The van der Waals surface area contributed by atoms with Gasteiger partial charge in [0.2, 0.25) is 5.95 Å². The van der Waals surface area contributed by atoms with Gasteiger partial charge >= 0.3 is 6.03 Å². The second kappa shape index (κ2) is 6.83. The molecule has 0 fully saturated rings. The first kappa shape index (κ1) is 16.1. The molecule has 132 valence electrons. The van der Waals surface area contributed by atoms with Gasteiger partial charge in [-0.25, -0.2) is 9.78 Å². The fourth-order valence-corrected chi connectivity index (χ4v) is 2.94. The molecule has 0 atom stereocenters. The molecule has 0 radical (unpaired) electrons. The number of imidazole rings is 1. The Bertz CT molecular complexity index is 964. The normalized spacial score (nSPS) is 13.3. The molecule has 3 N–H and O–H groups in total. The first-order chi connectivity index (χ1) is 12.7. The van der Waals surface area contributed by atoms with Gasteiger partial charge in [-0.05, 0) is 30.7 Å². The SMILES string of the molecule is CCNC(=O)Nc1nc2c(N3CCC=N3)cc(-c3cccnc3)cc2[nH]1. The minimum absolute atomic E-state index is 0.292. The number of benzene rings is 1. The first-order valence-corrected chi connectivity index (χ1v) is 8.53. The summed E-state index contributed by atoms with van der Waals surface area (Å²) >= 11 is 0. The molecule has 0 saturated heterocycles. The van der Waals surface area contributed by atoms with Crippen LogP contribution in [-0.2, 0) is 0 Å². The lowest BCUT2D eigenvalue weighted by atomic mass is 10.1. The van der Waals surface area contributed by atoms with Gasteiger partial charge in [0.15, 0.2) is 0 Å². The van der Waals surface area contributed by atoms with Crippen molar-refractivity contribution in [2.75, 3.05) is 23.4 Å². The summed E-state index contributed by atoms with van der Waals surface area (Å²) in [6.07, 6.45) is 6.36. The van der Waals surface area contributed by atoms with Crippen LogP contribution in [0.5, 0.6) is 0 Å². The second-order valence-electron chi connectivity index (χ2n) is 5.91. The van der Waals surface area contributed by atoms with Crippen LogP contribution >= 0.6 is 0 Å². The van der Waals surface area contributed by atoms with Crippen molar-refractivity contribution in [2.24, 2.45) is 5.10 Å². The monoisotopic (exact) mass is 349 g/mol. The van der Waals surface area contributed by atoms with E-state index in [1.165, 1.54) is 0 Å². The van der Waals surface area contributed by atoms with E-state index in [1.807, 2.05) is 42.5 Å². The van der Waals surface area contributed by atoms with Crippen molar-refractivity contribution >= 4 is 34.9 Å². The number of hydrogen-bond donors (Lipinski definition) is 3. The Morgan fingerprint density at radius 1 is 1.35 bits per heavy atom. The van der Waals surface area contributed by atoms with E-state index in [0.717, 1.165) is 40.8 Å². The van der Waals surface area contributed by atoms with Gasteiger partial charge in [-0.2, -0.15) is 5.10 Å². The number of hydrogen-bond acceptors (Lipinski definition) is 5. The summed E-state index contributed by atoms with van der Waals surface area (Å²) < 4.78 is 0. The van der Waals surface area contributed by atoms with Gasteiger partial charge in [-0.1, -0.05) is 6.07 Å². The van der Waals surface area contributed by atoms with Crippen molar-refractivity contribution in [1.29, 1.82) is 0 Å². The molecule has 0 spiro atoms. The number of nitrogens with one attached hydrogen (secondary N) is 3. The number of aromatic amines is 1. The molecule has 0 unspecified atom stereocenters. The molecule has 26 heavy (non-hydrogen) atoms. The molecule has 1 aromatic carbocycles. The van der Waals surface area contributed by atoms with E-state index < -0.39 is 0 Å². The third-order valence-corrected chi connectivity index (χ3v) is 4.10. The van der Waals surface area contributed by atoms with Crippen molar-refractivity contribution in [3.63, 3.8) is 0 Å². The highest BCUT2D eigenvalue weighted by Gasteiger charge is 2.18. The van der Waals surface area contributed by atoms with E-state index in [0.29, 0.717) is 12.5 Å². The second-order valence-corrected chi connectivity index (χ2v) is 5.91. The summed E-state index contributed by atoms with van der Waals surface area (Å²) in [4.78, 5) is 23.7. The molecule has 2 aromatic heterocycles. The maximum atomic E-state index is 11.8. The molecule has 0 saturated carbocycles. The Balaban J connectivity index is 1.80. The summed E-state index contributed by atoms with van der Waals surface area (Å²) in [6.45, 7) is 3.21. The van der Waals surface area contributed by atoms with Crippen LogP contribution < -0.4 is 15.6 Å². The fourth-order valence-electron chi connectivity index (χ4n) is 2.94. The Hall–Kier alpha value is -3.42. The smallest absolute Gasteiger partial charge is 0.321 e. The molecular formula is C18H19N7O. The predicted octanol–water partition coefficient (Wildman–Crippen LogP) is 2.96. The maximum absolute atomic E-state index is 11.8. The van der Waals surface area contributed by atoms with Crippen LogP contribution in [0.3, 0.4) is 0 Å². The summed E-state index contributed by atoms with van der Waals surface area (Å²) in [6, 6.07) is 7.68. The number of carbonyl (C=O) groups excluding carboxylic acids is 1. The quantitative estimate of drug-likeness (QED) is 0.674. The summed E-state index contributed by atoms with van der Waals surface area (Å²) in [5.41, 5.74) is 4.51. The van der Waals surface area contributed by atoms with Crippen molar-refractivity contribution < 1.29 is 4.79 Å². The molecule has 1 aliphatic heterocycles. The number of carbonyl (C=O) groups is 1. The lowest BCUT2D eigenvalue weighted by Gasteiger charge is -2.15. The van der Waals surface area contributed by atoms with Crippen LogP contribution in [-0.4, -0.2) is 40.3 Å². The van der Waals surface area contributed by atoms with Gasteiger partial charge in [0.05, 0.1) is 11.2 Å². The third kappa shape index (κ3) is 3.08. The highest BCUT2D eigenvalue weighted by molar-refractivity contribution is 5.97. The molecule has 3 aromatic rings. The number of urea groups is 1. The van der Waals surface area contributed by atoms with Crippen LogP contribution in [0.1, 0.15) is 13.3 Å². The third-order valence-electron chi connectivity index (χ3n) is 4.10. The number of rotatable bonds is 4. The van der Waals surface area contributed by atoms with Crippen LogP contribution in [0.25, 0.3) is 22.2 Å². The van der Waals surface area contributed by atoms with E-state index in [9.17, 15) is 4.79 Å². The maximum Gasteiger partial charge on any atom is 0.321 e.